The highest BCUT2D eigenvalue weighted by atomic mass is 32.2. The van der Waals surface area contributed by atoms with Crippen molar-refractivity contribution in [2.24, 2.45) is 0 Å². The Bertz CT molecular complexity index is 1190. The summed E-state index contributed by atoms with van der Waals surface area (Å²) in [6.45, 7) is 4.94. The van der Waals surface area contributed by atoms with Gasteiger partial charge >= 0.3 is 0 Å². The minimum absolute atomic E-state index is 0.0932. The number of hydrogen-bond donors (Lipinski definition) is 0. The Morgan fingerprint density at radius 3 is 2.31 bits per heavy atom. The molecule has 0 aliphatic carbocycles. The highest BCUT2D eigenvalue weighted by Gasteiger charge is 2.29. The first-order chi connectivity index (χ1) is 16.8. The van der Waals surface area contributed by atoms with Crippen molar-refractivity contribution >= 4 is 21.6 Å². The molecule has 0 unspecified atom stereocenters. The fourth-order valence-electron chi connectivity index (χ4n) is 4.22. The molecule has 0 bridgehead atoms. The average Bonchev–Trinajstić information content (AvgIpc) is 3.35. The van der Waals surface area contributed by atoms with Crippen LogP contribution in [0.3, 0.4) is 0 Å². The number of anilines is 1. The molecular weight excluding hydrogens is 474 g/mol. The van der Waals surface area contributed by atoms with Crippen LogP contribution < -0.4 is 23.3 Å². The molecule has 2 heterocycles. The zero-order chi connectivity index (χ0) is 25.2. The molecule has 0 spiro atoms. The smallest absolute Gasteiger partial charge is 0.256 e. The molecule has 1 fully saturated rings. The summed E-state index contributed by atoms with van der Waals surface area (Å²) in [5.41, 5.74) is 1.63. The van der Waals surface area contributed by atoms with Crippen molar-refractivity contribution in [2.75, 3.05) is 64.3 Å². The molecule has 2 aromatic rings. The maximum Gasteiger partial charge on any atom is 0.256 e. The molecule has 11 heteroatoms. The first-order valence-corrected chi connectivity index (χ1v) is 13.0. The van der Waals surface area contributed by atoms with Gasteiger partial charge in [-0.2, -0.15) is 0 Å². The Morgan fingerprint density at radius 2 is 1.66 bits per heavy atom. The standard InChI is InChI=1S/C24H31N3O7S/c1-5-35(29,30)25(2)19-14-22(32-4)21(31-3)13-18(19)24(28)27-10-8-26(9-11-27)15-17-6-7-20-23(12-17)34-16-33-20/h6-7,12-14H,5,8-11,15-16H2,1-4H3. The molecule has 0 saturated carbocycles. The van der Waals surface area contributed by atoms with E-state index in [2.05, 4.69) is 4.90 Å². The van der Waals surface area contributed by atoms with Crippen LogP contribution in [0.15, 0.2) is 30.3 Å². The Balaban J connectivity index is 1.51. The van der Waals surface area contributed by atoms with Crippen molar-refractivity contribution in [3.8, 4) is 23.0 Å². The molecule has 10 nitrogen and oxygen atoms in total. The number of amides is 1. The van der Waals surface area contributed by atoms with Gasteiger partial charge in [0.15, 0.2) is 23.0 Å². The minimum Gasteiger partial charge on any atom is -0.493 e. The van der Waals surface area contributed by atoms with E-state index in [4.69, 9.17) is 18.9 Å². The van der Waals surface area contributed by atoms with Crippen LogP contribution in [-0.4, -0.2) is 84.1 Å². The molecule has 0 N–H and O–H groups in total. The third kappa shape index (κ3) is 5.10. The zero-order valence-corrected chi connectivity index (χ0v) is 21.3. The summed E-state index contributed by atoms with van der Waals surface area (Å²) in [5, 5.41) is 0. The molecule has 2 aliphatic heterocycles. The van der Waals surface area contributed by atoms with E-state index in [1.165, 1.54) is 27.3 Å². The second-order valence-electron chi connectivity index (χ2n) is 8.35. The fourth-order valence-corrected chi connectivity index (χ4v) is 5.06. The highest BCUT2D eigenvalue weighted by Crippen LogP contribution is 2.37. The Hall–Kier alpha value is -3.18. The summed E-state index contributed by atoms with van der Waals surface area (Å²) in [5.74, 6) is 1.88. The first kappa shape index (κ1) is 24.9. The largest absolute Gasteiger partial charge is 0.493 e. The summed E-state index contributed by atoms with van der Waals surface area (Å²) < 4.78 is 47.9. The molecule has 0 atom stereocenters. The second-order valence-corrected chi connectivity index (χ2v) is 10.6. The number of sulfonamides is 1. The van der Waals surface area contributed by atoms with E-state index in [1.807, 2.05) is 18.2 Å². The number of fused-ring (bicyclic) bond motifs is 1. The Labute approximate surface area is 206 Å². The number of nitrogens with zero attached hydrogens (tertiary/aromatic N) is 3. The lowest BCUT2D eigenvalue weighted by molar-refractivity contribution is 0.0629. The molecular formula is C24H31N3O7S. The fraction of sp³-hybridized carbons (Fsp3) is 0.458. The predicted octanol–water partition coefficient (Wildman–Crippen LogP) is 2.18. The summed E-state index contributed by atoms with van der Waals surface area (Å²) in [6.07, 6.45) is 0. The number of carbonyl (C=O) groups is 1. The number of benzene rings is 2. The summed E-state index contributed by atoms with van der Waals surface area (Å²) in [4.78, 5) is 17.6. The van der Waals surface area contributed by atoms with Gasteiger partial charge in [0, 0.05) is 45.8 Å². The predicted molar refractivity (Wildman–Crippen MR) is 131 cm³/mol. The molecule has 35 heavy (non-hydrogen) atoms. The number of ether oxygens (including phenoxy) is 4. The molecule has 1 amide bonds. The van der Waals surface area contributed by atoms with E-state index in [1.54, 1.807) is 17.9 Å². The van der Waals surface area contributed by atoms with Gasteiger partial charge in [-0.3, -0.25) is 14.0 Å². The van der Waals surface area contributed by atoms with Crippen LogP contribution >= 0.6 is 0 Å². The van der Waals surface area contributed by atoms with Crippen molar-refractivity contribution in [3.63, 3.8) is 0 Å². The van der Waals surface area contributed by atoms with Crippen LogP contribution in [0.25, 0.3) is 0 Å². The van der Waals surface area contributed by atoms with Crippen LogP contribution in [0.2, 0.25) is 0 Å². The van der Waals surface area contributed by atoms with Crippen LogP contribution in [0.5, 0.6) is 23.0 Å². The third-order valence-corrected chi connectivity index (χ3v) is 8.12. The third-order valence-electron chi connectivity index (χ3n) is 6.36. The van der Waals surface area contributed by atoms with Gasteiger partial charge in [0.05, 0.1) is 31.2 Å². The number of rotatable bonds is 8. The van der Waals surface area contributed by atoms with Crippen molar-refractivity contribution in [2.45, 2.75) is 13.5 Å². The lowest BCUT2D eigenvalue weighted by atomic mass is 10.1. The van der Waals surface area contributed by atoms with Gasteiger partial charge in [0.25, 0.3) is 5.91 Å². The summed E-state index contributed by atoms with van der Waals surface area (Å²) in [6, 6.07) is 9.01. The number of carbonyl (C=O) groups excluding carboxylic acids is 1. The van der Waals surface area contributed by atoms with E-state index in [9.17, 15) is 13.2 Å². The van der Waals surface area contributed by atoms with Gasteiger partial charge in [-0.25, -0.2) is 8.42 Å². The van der Waals surface area contributed by atoms with Gasteiger partial charge in [-0.05, 0) is 30.7 Å². The number of methoxy groups -OCH3 is 2. The van der Waals surface area contributed by atoms with Gasteiger partial charge in [-0.15, -0.1) is 0 Å². The van der Waals surface area contributed by atoms with Gasteiger partial charge in [0.2, 0.25) is 16.8 Å². The van der Waals surface area contributed by atoms with Crippen molar-refractivity contribution < 1.29 is 32.2 Å². The topological polar surface area (TPSA) is 97.8 Å². The SMILES string of the molecule is CCS(=O)(=O)N(C)c1cc(OC)c(OC)cc1C(=O)N1CCN(Cc2ccc3c(c2)OCO3)CC1. The Kier molecular flexibility index (Phi) is 7.27. The Morgan fingerprint density at radius 1 is 1.00 bits per heavy atom. The molecule has 0 radical (unpaired) electrons. The van der Waals surface area contributed by atoms with Crippen molar-refractivity contribution in [1.82, 2.24) is 9.80 Å². The van der Waals surface area contributed by atoms with Gasteiger partial charge < -0.3 is 23.8 Å². The van der Waals surface area contributed by atoms with Gasteiger partial charge in [0.1, 0.15) is 0 Å². The van der Waals surface area contributed by atoms with E-state index in [0.29, 0.717) is 37.7 Å². The lowest BCUT2D eigenvalue weighted by Crippen LogP contribution is -2.48. The minimum atomic E-state index is -3.59. The number of piperazine rings is 1. The highest BCUT2D eigenvalue weighted by molar-refractivity contribution is 7.92. The molecule has 190 valence electrons. The van der Waals surface area contributed by atoms with Crippen LogP contribution in [-0.2, 0) is 16.6 Å². The molecule has 1 saturated heterocycles. The van der Waals surface area contributed by atoms with Crippen LogP contribution in [0, 0.1) is 0 Å². The van der Waals surface area contributed by atoms with E-state index in [-0.39, 0.29) is 29.7 Å². The van der Waals surface area contributed by atoms with E-state index in [0.717, 1.165) is 27.9 Å². The second kappa shape index (κ2) is 10.2. The zero-order valence-electron chi connectivity index (χ0n) is 20.4. The summed E-state index contributed by atoms with van der Waals surface area (Å²) >= 11 is 0. The van der Waals surface area contributed by atoms with E-state index >= 15 is 0 Å². The lowest BCUT2D eigenvalue weighted by Gasteiger charge is -2.35. The summed E-state index contributed by atoms with van der Waals surface area (Å²) in [7, 11) is 0.802. The van der Waals surface area contributed by atoms with Crippen molar-refractivity contribution in [3.05, 3.63) is 41.5 Å². The van der Waals surface area contributed by atoms with Gasteiger partial charge in [-0.1, -0.05) is 6.07 Å². The maximum atomic E-state index is 13.6. The maximum absolute atomic E-state index is 13.6. The van der Waals surface area contributed by atoms with E-state index < -0.39 is 10.0 Å². The first-order valence-electron chi connectivity index (χ1n) is 11.4. The molecule has 2 aromatic carbocycles. The quantitative estimate of drug-likeness (QED) is 0.539. The van der Waals surface area contributed by atoms with Crippen molar-refractivity contribution in [1.29, 1.82) is 0 Å². The molecule has 0 aromatic heterocycles. The monoisotopic (exact) mass is 505 g/mol. The molecule has 4 rings (SSSR count). The van der Waals surface area contributed by atoms with Crippen LogP contribution in [0.4, 0.5) is 5.69 Å². The molecule has 2 aliphatic rings. The van der Waals surface area contributed by atoms with Crippen LogP contribution in [0.1, 0.15) is 22.8 Å². The normalized spacial score (nSPS) is 15.7. The average molecular weight is 506 g/mol. The number of hydrogen-bond acceptors (Lipinski definition) is 8.